The molecular weight excluding hydrogens is 308 g/mol. The summed E-state index contributed by atoms with van der Waals surface area (Å²) in [4.78, 5) is 4.44. The van der Waals surface area contributed by atoms with E-state index in [-0.39, 0.29) is 5.41 Å². The highest BCUT2D eigenvalue weighted by molar-refractivity contribution is 5.97. The zero-order valence-corrected chi connectivity index (χ0v) is 14.5. The molecule has 0 spiro atoms. The Morgan fingerprint density at radius 2 is 1.92 bits per heavy atom. The Kier molecular flexibility index (Phi) is 3.33. The molecule has 2 aromatic heterocycles. The quantitative estimate of drug-likeness (QED) is 0.508. The second-order valence-corrected chi connectivity index (χ2v) is 7.27. The molecule has 4 rings (SSSR count). The number of fused-ring (bicyclic) bond motifs is 2. The summed E-state index contributed by atoms with van der Waals surface area (Å²) in [5.41, 5.74) is 4.56. The smallest absolute Gasteiger partial charge is 0.172 e. The van der Waals surface area contributed by atoms with Crippen LogP contribution in [0.4, 0.5) is 0 Å². The van der Waals surface area contributed by atoms with Crippen LogP contribution in [0.5, 0.6) is 0 Å². The molecule has 4 aromatic rings. The Morgan fingerprint density at radius 3 is 2.68 bits per heavy atom. The van der Waals surface area contributed by atoms with Gasteiger partial charge in [0.1, 0.15) is 11.6 Å². The van der Waals surface area contributed by atoms with Crippen molar-refractivity contribution in [1.82, 2.24) is 14.6 Å². The third-order valence-electron chi connectivity index (χ3n) is 4.54. The van der Waals surface area contributed by atoms with Gasteiger partial charge < -0.3 is 0 Å². The van der Waals surface area contributed by atoms with E-state index in [1.54, 1.807) is 10.7 Å². The lowest BCUT2D eigenvalue weighted by molar-refractivity contribution is 0.591. The Bertz CT molecular complexity index is 1140. The van der Waals surface area contributed by atoms with Gasteiger partial charge >= 0.3 is 0 Å². The molecule has 0 aliphatic rings. The van der Waals surface area contributed by atoms with Crippen molar-refractivity contribution in [2.45, 2.75) is 26.2 Å². The number of hydrogen-bond acceptors (Lipinski definition) is 3. The summed E-state index contributed by atoms with van der Waals surface area (Å²) in [6.07, 6.45) is 5.30. The van der Waals surface area contributed by atoms with Gasteiger partial charge in [-0.3, -0.25) is 0 Å². The van der Waals surface area contributed by atoms with Crippen molar-refractivity contribution in [1.29, 1.82) is 5.26 Å². The van der Waals surface area contributed by atoms with Crippen molar-refractivity contribution in [3.8, 4) is 17.2 Å². The van der Waals surface area contributed by atoms with Crippen molar-refractivity contribution in [2.24, 2.45) is 0 Å². The molecule has 2 aromatic carbocycles. The van der Waals surface area contributed by atoms with Crippen LogP contribution in [0.3, 0.4) is 0 Å². The van der Waals surface area contributed by atoms with Gasteiger partial charge in [-0.25, -0.2) is 9.50 Å². The molecular formula is C21H18N4. The van der Waals surface area contributed by atoms with Gasteiger partial charge in [-0.15, -0.1) is 0 Å². The molecule has 0 unspecified atom stereocenters. The molecule has 0 aliphatic carbocycles. The molecule has 4 heteroatoms. The molecule has 0 radical (unpaired) electrons. The molecule has 25 heavy (non-hydrogen) atoms. The SMILES string of the molecule is CC(C)(C)c1ccc2cccc(-c3cnc4c(C#N)cnn4c3)c2c1. The van der Waals surface area contributed by atoms with Crippen molar-refractivity contribution in [3.05, 3.63) is 66.1 Å². The Labute approximate surface area is 146 Å². The Balaban J connectivity index is 1.95. The van der Waals surface area contributed by atoms with Gasteiger partial charge in [0.2, 0.25) is 0 Å². The minimum Gasteiger partial charge on any atom is -0.235 e. The van der Waals surface area contributed by atoms with E-state index in [2.05, 4.69) is 73.3 Å². The number of nitrogens with zero attached hydrogens (tertiary/aromatic N) is 4. The second kappa shape index (κ2) is 5.42. The number of aromatic nitrogens is 3. The van der Waals surface area contributed by atoms with Crippen LogP contribution in [0, 0.1) is 11.3 Å². The fourth-order valence-corrected chi connectivity index (χ4v) is 3.08. The summed E-state index contributed by atoms with van der Waals surface area (Å²) in [5, 5.41) is 15.8. The predicted molar refractivity (Wildman–Crippen MR) is 99.3 cm³/mol. The van der Waals surface area contributed by atoms with Crippen LogP contribution in [0.2, 0.25) is 0 Å². The first-order valence-electron chi connectivity index (χ1n) is 8.24. The molecule has 0 saturated carbocycles. The maximum Gasteiger partial charge on any atom is 0.172 e. The number of benzene rings is 2. The number of nitriles is 1. The third kappa shape index (κ3) is 2.54. The minimum absolute atomic E-state index is 0.0905. The minimum atomic E-state index is 0.0905. The molecule has 4 nitrogen and oxygen atoms in total. The molecule has 0 aliphatic heterocycles. The number of hydrogen-bond donors (Lipinski definition) is 0. The lowest BCUT2D eigenvalue weighted by atomic mass is 9.85. The topological polar surface area (TPSA) is 54.0 Å². The maximum atomic E-state index is 9.12. The van der Waals surface area contributed by atoms with Crippen LogP contribution in [-0.4, -0.2) is 14.6 Å². The van der Waals surface area contributed by atoms with Crippen LogP contribution in [0.1, 0.15) is 31.9 Å². The van der Waals surface area contributed by atoms with E-state index >= 15 is 0 Å². The van der Waals surface area contributed by atoms with Crippen molar-refractivity contribution < 1.29 is 0 Å². The third-order valence-corrected chi connectivity index (χ3v) is 4.54. The second-order valence-electron chi connectivity index (χ2n) is 7.27. The van der Waals surface area contributed by atoms with Crippen LogP contribution < -0.4 is 0 Å². The fraction of sp³-hybridized carbons (Fsp3) is 0.190. The Hall–Kier alpha value is -3.19. The zero-order valence-electron chi connectivity index (χ0n) is 14.5. The van der Waals surface area contributed by atoms with E-state index in [9.17, 15) is 0 Å². The van der Waals surface area contributed by atoms with E-state index in [0.29, 0.717) is 11.2 Å². The molecule has 0 bridgehead atoms. The van der Waals surface area contributed by atoms with E-state index in [1.165, 1.54) is 16.3 Å². The zero-order chi connectivity index (χ0) is 17.6. The molecule has 2 heterocycles. The molecule has 0 fully saturated rings. The van der Waals surface area contributed by atoms with E-state index in [4.69, 9.17) is 5.26 Å². The van der Waals surface area contributed by atoms with Crippen molar-refractivity contribution >= 4 is 16.4 Å². The van der Waals surface area contributed by atoms with E-state index in [0.717, 1.165) is 11.1 Å². The van der Waals surface area contributed by atoms with Gasteiger partial charge in [0.05, 0.1) is 6.20 Å². The summed E-state index contributed by atoms with van der Waals surface area (Å²) >= 11 is 0. The van der Waals surface area contributed by atoms with Crippen LogP contribution >= 0.6 is 0 Å². The molecule has 122 valence electrons. The van der Waals surface area contributed by atoms with Crippen molar-refractivity contribution in [3.63, 3.8) is 0 Å². The highest BCUT2D eigenvalue weighted by atomic mass is 15.2. The highest BCUT2D eigenvalue weighted by Crippen LogP contribution is 2.32. The van der Waals surface area contributed by atoms with E-state index in [1.807, 2.05) is 12.4 Å². The first-order valence-corrected chi connectivity index (χ1v) is 8.24. The monoisotopic (exact) mass is 326 g/mol. The summed E-state index contributed by atoms with van der Waals surface area (Å²) in [7, 11) is 0. The fourth-order valence-electron chi connectivity index (χ4n) is 3.08. The number of rotatable bonds is 1. The summed E-state index contributed by atoms with van der Waals surface area (Å²) in [6.45, 7) is 6.66. The first-order chi connectivity index (χ1) is 12.0. The average molecular weight is 326 g/mol. The average Bonchev–Trinajstić information content (AvgIpc) is 3.02. The molecule has 0 amide bonds. The molecule has 0 atom stereocenters. The standard InChI is InChI=1S/C21H18N4/c1-21(2,3)17-8-7-14-5-4-6-18(19(14)9-17)16-11-23-20-15(10-22)12-24-25(20)13-16/h4-9,11-13H,1-3H3. The summed E-state index contributed by atoms with van der Waals surface area (Å²) in [5.74, 6) is 0. The maximum absolute atomic E-state index is 9.12. The largest absolute Gasteiger partial charge is 0.235 e. The van der Waals surface area contributed by atoms with Gasteiger partial charge in [-0.2, -0.15) is 10.4 Å². The molecule has 0 N–H and O–H groups in total. The first kappa shape index (κ1) is 15.3. The Morgan fingerprint density at radius 1 is 1.08 bits per heavy atom. The van der Waals surface area contributed by atoms with Gasteiger partial charge in [-0.05, 0) is 33.4 Å². The van der Waals surface area contributed by atoms with Gasteiger partial charge in [0.15, 0.2) is 5.65 Å². The van der Waals surface area contributed by atoms with Crippen LogP contribution in [0.25, 0.3) is 27.5 Å². The van der Waals surface area contributed by atoms with Gasteiger partial charge in [0.25, 0.3) is 0 Å². The van der Waals surface area contributed by atoms with E-state index < -0.39 is 0 Å². The van der Waals surface area contributed by atoms with Crippen LogP contribution in [-0.2, 0) is 5.41 Å². The van der Waals surface area contributed by atoms with Gasteiger partial charge in [0, 0.05) is 18.0 Å². The predicted octanol–water partition coefficient (Wildman–Crippen LogP) is 4.72. The summed E-state index contributed by atoms with van der Waals surface area (Å²) < 4.78 is 1.67. The van der Waals surface area contributed by atoms with Crippen LogP contribution in [0.15, 0.2) is 55.0 Å². The normalized spacial score (nSPS) is 11.8. The van der Waals surface area contributed by atoms with Gasteiger partial charge in [-0.1, -0.05) is 51.1 Å². The molecule has 0 saturated heterocycles. The lowest BCUT2D eigenvalue weighted by Crippen LogP contribution is -2.10. The highest BCUT2D eigenvalue weighted by Gasteiger charge is 2.15. The van der Waals surface area contributed by atoms with Crippen molar-refractivity contribution in [2.75, 3.05) is 0 Å². The summed E-state index contributed by atoms with van der Waals surface area (Å²) in [6, 6.07) is 15.0. The lowest BCUT2D eigenvalue weighted by Gasteiger charge is -2.20.